The first-order valence-electron chi connectivity index (χ1n) is 9.63. The maximum Gasteiger partial charge on any atom is 0.274 e. The van der Waals surface area contributed by atoms with E-state index in [4.69, 9.17) is 9.47 Å². The smallest absolute Gasteiger partial charge is 0.274 e. The molecule has 0 spiro atoms. The average Bonchev–Trinajstić information content (AvgIpc) is 2.77. The third-order valence-electron chi connectivity index (χ3n) is 4.74. The summed E-state index contributed by atoms with van der Waals surface area (Å²) in [7, 11) is 0. The van der Waals surface area contributed by atoms with Crippen molar-refractivity contribution in [2.45, 2.75) is 6.92 Å². The molecular weight excluding hydrogens is 366 g/mol. The highest BCUT2D eigenvalue weighted by Gasteiger charge is 2.16. The van der Waals surface area contributed by atoms with Gasteiger partial charge in [0, 0.05) is 25.0 Å². The van der Waals surface area contributed by atoms with Gasteiger partial charge in [-0.3, -0.25) is 9.78 Å². The molecule has 0 saturated carbocycles. The Morgan fingerprint density at radius 3 is 2.62 bits per heavy atom. The Balaban J connectivity index is 1.50. The summed E-state index contributed by atoms with van der Waals surface area (Å²) in [6, 6.07) is 18.9. The summed E-state index contributed by atoms with van der Waals surface area (Å²) in [4.78, 5) is 19.3. The summed E-state index contributed by atoms with van der Waals surface area (Å²) >= 11 is 0. The van der Waals surface area contributed by atoms with E-state index in [-0.39, 0.29) is 5.91 Å². The number of nitrogens with one attached hydrogen (secondary N) is 1. The first-order valence-corrected chi connectivity index (χ1v) is 9.63. The van der Waals surface area contributed by atoms with E-state index in [0.29, 0.717) is 36.1 Å². The summed E-state index contributed by atoms with van der Waals surface area (Å²) in [5.41, 5.74) is 3.08. The van der Waals surface area contributed by atoms with Crippen LogP contribution in [0.1, 0.15) is 16.1 Å². The molecular formula is C23H23N3O3. The van der Waals surface area contributed by atoms with Gasteiger partial charge in [-0.2, -0.15) is 0 Å². The van der Waals surface area contributed by atoms with E-state index in [1.807, 2.05) is 67.6 Å². The summed E-state index contributed by atoms with van der Waals surface area (Å²) < 4.78 is 11.4. The minimum atomic E-state index is -0.278. The van der Waals surface area contributed by atoms with E-state index in [2.05, 4.69) is 15.2 Å². The first-order chi connectivity index (χ1) is 14.2. The van der Waals surface area contributed by atoms with Crippen molar-refractivity contribution in [2.24, 2.45) is 0 Å². The van der Waals surface area contributed by atoms with Gasteiger partial charge in [-0.1, -0.05) is 29.8 Å². The molecule has 4 rings (SSSR count). The van der Waals surface area contributed by atoms with Crippen molar-refractivity contribution in [3.63, 3.8) is 0 Å². The van der Waals surface area contributed by atoms with Crippen LogP contribution in [0, 0.1) is 6.92 Å². The number of benzene rings is 2. The molecule has 1 fully saturated rings. The van der Waals surface area contributed by atoms with Crippen molar-refractivity contribution in [1.29, 1.82) is 0 Å². The standard InChI is InChI=1S/C23H23N3O3/c1-17-6-8-19(9-7-17)29-22-5-3-2-4-20(22)25-23(27)21-16-18(10-11-24-21)26-12-14-28-15-13-26/h2-11,16H,12-15H2,1H3,(H,25,27). The fourth-order valence-electron chi connectivity index (χ4n) is 3.14. The van der Waals surface area contributed by atoms with E-state index in [1.165, 1.54) is 0 Å². The number of pyridine rings is 1. The molecule has 0 aliphatic carbocycles. The molecule has 1 saturated heterocycles. The quantitative estimate of drug-likeness (QED) is 0.706. The Kier molecular flexibility index (Phi) is 5.72. The number of carbonyl (C=O) groups is 1. The molecule has 3 aromatic rings. The number of nitrogens with zero attached hydrogens (tertiary/aromatic N) is 2. The molecule has 6 heteroatoms. The number of anilines is 2. The molecule has 1 N–H and O–H groups in total. The van der Waals surface area contributed by atoms with Crippen molar-refractivity contribution in [1.82, 2.24) is 4.98 Å². The highest BCUT2D eigenvalue weighted by Crippen LogP contribution is 2.30. The number of rotatable bonds is 5. The number of ether oxygens (including phenoxy) is 2. The molecule has 0 bridgehead atoms. The SMILES string of the molecule is Cc1ccc(Oc2ccccc2NC(=O)c2cc(N3CCOCC3)ccn2)cc1. The van der Waals surface area contributed by atoms with Crippen molar-refractivity contribution < 1.29 is 14.3 Å². The van der Waals surface area contributed by atoms with Crippen LogP contribution in [0.3, 0.4) is 0 Å². The van der Waals surface area contributed by atoms with Crippen LogP contribution in [0.4, 0.5) is 11.4 Å². The lowest BCUT2D eigenvalue weighted by molar-refractivity contribution is 0.102. The summed E-state index contributed by atoms with van der Waals surface area (Å²) in [5.74, 6) is 1.01. The van der Waals surface area contributed by atoms with Gasteiger partial charge < -0.3 is 19.7 Å². The Morgan fingerprint density at radius 1 is 1.07 bits per heavy atom. The van der Waals surface area contributed by atoms with Gasteiger partial charge in [-0.15, -0.1) is 0 Å². The van der Waals surface area contributed by atoms with Gasteiger partial charge in [-0.25, -0.2) is 0 Å². The second-order valence-corrected chi connectivity index (χ2v) is 6.86. The number of para-hydroxylation sites is 2. The summed E-state index contributed by atoms with van der Waals surface area (Å²) in [6.07, 6.45) is 1.66. The van der Waals surface area contributed by atoms with Gasteiger partial charge >= 0.3 is 0 Å². The topological polar surface area (TPSA) is 63.7 Å². The average molecular weight is 389 g/mol. The minimum absolute atomic E-state index is 0.278. The molecule has 1 aliphatic rings. The van der Waals surface area contributed by atoms with E-state index in [1.54, 1.807) is 6.20 Å². The Labute approximate surface area is 170 Å². The molecule has 0 atom stereocenters. The fraction of sp³-hybridized carbons (Fsp3) is 0.217. The molecule has 148 valence electrons. The van der Waals surface area contributed by atoms with Crippen molar-refractivity contribution >= 4 is 17.3 Å². The second-order valence-electron chi connectivity index (χ2n) is 6.86. The number of hydrogen-bond donors (Lipinski definition) is 1. The number of aryl methyl sites for hydroxylation is 1. The molecule has 0 radical (unpaired) electrons. The third kappa shape index (κ3) is 4.73. The number of carbonyl (C=O) groups excluding carboxylic acids is 1. The largest absolute Gasteiger partial charge is 0.455 e. The molecule has 2 aromatic carbocycles. The number of amides is 1. The summed E-state index contributed by atoms with van der Waals surface area (Å²) in [6.45, 7) is 5.01. The molecule has 1 amide bonds. The third-order valence-corrected chi connectivity index (χ3v) is 4.74. The van der Waals surface area contributed by atoms with E-state index < -0.39 is 0 Å². The maximum atomic E-state index is 12.8. The van der Waals surface area contributed by atoms with Crippen LogP contribution >= 0.6 is 0 Å². The lowest BCUT2D eigenvalue weighted by Crippen LogP contribution is -2.36. The maximum absolute atomic E-state index is 12.8. The molecule has 29 heavy (non-hydrogen) atoms. The second kappa shape index (κ2) is 8.75. The minimum Gasteiger partial charge on any atom is -0.455 e. The van der Waals surface area contributed by atoms with Crippen LogP contribution in [0.2, 0.25) is 0 Å². The van der Waals surface area contributed by atoms with Crippen LogP contribution in [-0.2, 0) is 4.74 Å². The molecule has 1 aromatic heterocycles. The fourth-order valence-corrected chi connectivity index (χ4v) is 3.14. The van der Waals surface area contributed by atoms with Crippen molar-refractivity contribution in [3.8, 4) is 11.5 Å². The number of morpholine rings is 1. The van der Waals surface area contributed by atoms with Crippen molar-refractivity contribution in [2.75, 3.05) is 36.5 Å². The van der Waals surface area contributed by atoms with E-state index >= 15 is 0 Å². The van der Waals surface area contributed by atoms with Gasteiger partial charge in [0.05, 0.1) is 18.9 Å². The molecule has 6 nitrogen and oxygen atoms in total. The van der Waals surface area contributed by atoms with E-state index in [9.17, 15) is 4.79 Å². The first kappa shape index (κ1) is 19.0. The normalized spacial score (nSPS) is 13.8. The zero-order valence-electron chi connectivity index (χ0n) is 16.3. The Bertz CT molecular complexity index is 983. The van der Waals surface area contributed by atoms with Gasteiger partial charge in [0.2, 0.25) is 0 Å². The molecule has 1 aliphatic heterocycles. The van der Waals surface area contributed by atoms with Crippen LogP contribution in [0.5, 0.6) is 11.5 Å². The predicted molar refractivity (Wildman–Crippen MR) is 113 cm³/mol. The predicted octanol–water partition coefficient (Wildman–Crippen LogP) is 4.27. The highest BCUT2D eigenvalue weighted by molar-refractivity contribution is 6.04. The van der Waals surface area contributed by atoms with Gasteiger partial charge in [0.15, 0.2) is 5.75 Å². The van der Waals surface area contributed by atoms with E-state index in [0.717, 1.165) is 24.3 Å². The lowest BCUT2D eigenvalue weighted by Gasteiger charge is -2.28. The molecule has 2 heterocycles. The van der Waals surface area contributed by atoms with Crippen LogP contribution in [0.15, 0.2) is 66.9 Å². The zero-order valence-corrected chi connectivity index (χ0v) is 16.3. The molecule has 0 unspecified atom stereocenters. The number of aromatic nitrogens is 1. The van der Waals surface area contributed by atoms with Gasteiger partial charge in [-0.05, 0) is 43.3 Å². The monoisotopic (exact) mass is 389 g/mol. The Morgan fingerprint density at radius 2 is 1.83 bits per heavy atom. The van der Waals surface area contributed by atoms with Gasteiger partial charge in [0.25, 0.3) is 5.91 Å². The summed E-state index contributed by atoms with van der Waals surface area (Å²) in [5, 5.41) is 2.92. The van der Waals surface area contributed by atoms with Crippen LogP contribution < -0.4 is 15.0 Å². The van der Waals surface area contributed by atoms with Crippen LogP contribution in [0.25, 0.3) is 0 Å². The number of hydrogen-bond acceptors (Lipinski definition) is 5. The lowest BCUT2D eigenvalue weighted by atomic mass is 10.2. The van der Waals surface area contributed by atoms with Crippen molar-refractivity contribution in [3.05, 3.63) is 78.1 Å². The van der Waals surface area contributed by atoms with Gasteiger partial charge in [0.1, 0.15) is 11.4 Å². The Hall–Kier alpha value is -3.38. The van der Waals surface area contributed by atoms with Crippen LogP contribution in [-0.4, -0.2) is 37.2 Å². The highest BCUT2D eigenvalue weighted by atomic mass is 16.5. The zero-order chi connectivity index (χ0) is 20.1.